The van der Waals surface area contributed by atoms with Gasteiger partial charge >= 0.3 is 0 Å². The first-order valence-corrected chi connectivity index (χ1v) is 9.56. The molecule has 4 heteroatoms. The molecule has 0 bridgehead atoms. The Morgan fingerprint density at radius 1 is 1.19 bits per heavy atom. The Kier molecular flexibility index (Phi) is 4.56. The van der Waals surface area contributed by atoms with Gasteiger partial charge < -0.3 is 9.88 Å². The molecule has 2 atom stereocenters. The molecule has 1 N–H and O–H groups in total. The minimum atomic E-state index is -0.282. The number of nitrogens with one attached hydrogen (secondary N) is 1. The molecular weight excluding hydrogens is 336 g/mol. The van der Waals surface area contributed by atoms with Gasteiger partial charge in [-0.1, -0.05) is 42.5 Å². The van der Waals surface area contributed by atoms with Crippen molar-refractivity contribution in [2.75, 3.05) is 0 Å². The normalized spacial score (nSPS) is 16.4. The Bertz CT molecular complexity index is 1050. The molecule has 4 rings (SSSR count). The third-order valence-electron chi connectivity index (χ3n) is 5.46. The Balaban J connectivity index is 1.55. The Hall–Kier alpha value is -2.88. The van der Waals surface area contributed by atoms with Gasteiger partial charge in [0.05, 0.1) is 5.52 Å². The van der Waals surface area contributed by atoms with Crippen LogP contribution in [0.4, 0.5) is 0 Å². The third kappa shape index (κ3) is 3.27. The van der Waals surface area contributed by atoms with E-state index in [1.54, 1.807) is 6.20 Å². The molecular formula is C23H24N2O2. The lowest BCUT2D eigenvalue weighted by Gasteiger charge is -2.16. The van der Waals surface area contributed by atoms with E-state index in [0.29, 0.717) is 5.39 Å². The summed E-state index contributed by atoms with van der Waals surface area (Å²) >= 11 is 0. The summed E-state index contributed by atoms with van der Waals surface area (Å²) < 4.78 is 2.08. The first-order valence-electron chi connectivity index (χ1n) is 9.56. The maximum atomic E-state index is 12.9. The van der Waals surface area contributed by atoms with Crippen LogP contribution in [0.15, 0.2) is 59.5 Å². The molecule has 2 heterocycles. The van der Waals surface area contributed by atoms with E-state index in [1.807, 2.05) is 37.3 Å². The molecule has 3 aromatic rings. The first-order chi connectivity index (χ1) is 13.0. The fourth-order valence-corrected chi connectivity index (χ4v) is 3.98. The van der Waals surface area contributed by atoms with Crippen LogP contribution in [0, 0.1) is 0 Å². The molecule has 1 aromatic heterocycles. The predicted octanol–water partition coefficient (Wildman–Crippen LogP) is 3.87. The van der Waals surface area contributed by atoms with Crippen molar-refractivity contribution in [2.24, 2.45) is 0 Å². The highest BCUT2D eigenvalue weighted by Gasteiger charge is 2.24. The molecule has 1 aliphatic rings. The van der Waals surface area contributed by atoms with Crippen molar-refractivity contribution in [2.45, 2.75) is 45.2 Å². The standard InChI is InChI=1S/C23H24N2O2/c1-15(11-12-17-7-4-3-5-8-17)24-23(27)20-14-25-16(2)13-18-9-6-10-19(21(18)25)22(20)26/h3-10,14-16H,11-13H2,1-2H3,(H,24,27)/t15-,16+/m0/s1. The van der Waals surface area contributed by atoms with Crippen molar-refractivity contribution in [3.63, 3.8) is 0 Å². The number of nitrogens with zero attached hydrogens (tertiary/aromatic N) is 1. The molecule has 1 amide bonds. The molecule has 138 valence electrons. The number of pyridine rings is 1. The Morgan fingerprint density at radius 3 is 2.74 bits per heavy atom. The monoisotopic (exact) mass is 360 g/mol. The third-order valence-corrected chi connectivity index (χ3v) is 5.46. The molecule has 0 fully saturated rings. The van der Waals surface area contributed by atoms with Gasteiger partial charge in [0, 0.05) is 23.7 Å². The number of carbonyl (C=O) groups is 1. The number of hydrogen-bond acceptors (Lipinski definition) is 2. The van der Waals surface area contributed by atoms with Crippen LogP contribution in [-0.2, 0) is 12.8 Å². The highest BCUT2D eigenvalue weighted by molar-refractivity contribution is 5.98. The second-order valence-electron chi connectivity index (χ2n) is 7.54. The van der Waals surface area contributed by atoms with E-state index in [2.05, 4.69) is 35.0 Å². The van der Waals surface area contributed by atoms with Gasteiger partial charge in [-0.2, -0.15) is 0 Å². The van der Waals surface area contributed by atoms with Crippen molar-refractivity contribution >= 4 is 16.8 Å². The fourth-order valence-electron chi connectivity index (χ4n) is 3.98. The number of carbonyl (C=O) groups excluding carboxylic acids is 1. The number of aromatic nitrogens is 1. The van der Waals surface area contributed by atoms with Crippen LogP contribution in [0.2, 0.25) is 0 Å². The highest BCUT2D eigenvalue weighted by Crippen LogP contribution is 2.30. The van der Waals surface area contributed by atoms with E-state index in [4.69, 9.17) is 0 Å². The quantitative estimate of drug-likeness (QED) is 0.751. The summed E-state index contributed by atoms with van der Waals surface area (Å²) in [6, 6.07) is 16.3. The fraction of sp³-hybridized carbons (Fsp3) is 0.304. The SMILES string of the molecule is C[C@@H]1Cc2cccc3c(=O)c(C(=O)N[C@@H](C)CCc4ccccc4)cn1c23. The Labute approximate surface area is 158 Å². The number of hydrogen-bond donors (Lipinski definition) is 1. The van der Waals surface area contributed by atoms with Gasteiger partial charge in [-0.05, 0) is 50.3 Å². The number of amides is 1. The molecule has 0 aliphatic carbocycles. The van der Waals surface area contributed by atoms with E-state index in [9.17, 15) is 9.59 Å². The van der Waals surface area contributed by atoms with Crippen LogP contribution in [0.25, 0.3) is 10.9 Å². The van der Waals surface area contributed by atoms with Crippen molar-refractivity contribution in [3.8, 4) is 0 Å². The van der Waals surface area contributed by atoms with Gasteiger partial charge in [0.15, 0.2) is 0 Å². The summed E-state index contributed by atoms with van der Waals surface area (Å²) in [5.74, 6) is -0.282. The van der Waals surface area contributed by atoms with E-state index in [0.717, 1.165) is 24.8 Å². The topological polar surface area (TPSA) is 51.1 Å². The van der Waals surface area contributed by atoms with Crippen molar-refractivity contribution < 1.29 is 4.79 Å². The van der Waals surface area contributed by atoms with Gasteiger partial charge in [-0.15, -0.1) is 0 Å². The summed E-state index contributed by atoms with van der Waals surface area (Å²) in [4.78, 5) is 25.7. The van der Waals surface area contributed by atoms with Crippen molar-refractivity contribution in [3.05, 3.63) is 81.6 Å². The minimum Gasteiger partial charge on any atom is -0.349 e. The summed E-state index contributed by atoms with van der Waals surface area (Å²) in [6.07, 6.45) is 4.36. The maximum Gasteiger partial charge on any atom is 0.256 e. The largest absolute Gasteiger partial charge is 0.349 e. The van der Waals surface area contributed by atoms with Crippen LogP contribution in [-0.4, -0.2) is 16.5 Å². The van der Waals surface area contributed by atoms with E-state index in [1.165, 1.54) is 11.1 Å². The van der Waals surface area contributed by atoms with Gasteiger partial charge in [0.2, 0.25) is 5.43 Å². The molecule has 0 saturated heterocycles. The molecule has 0 radical (unpaired) electrons. The summed E-state index contributed by atoms with van der Waals surface area (Å²) in [5, 5.41) is 3.64. The summed E-state index contributed by atoms with van der Waals surface area (Å²) in [5.41, 5.74) is 3.47. The summed E-state index contributed by atoms with van der Waals surface area (Å²) in [7, 11) is 0. The van der Waals surface area contributed by atoms with Crippen molar-refractivity contribution in [1.82, 2.24) is 9.88 Å². The highest BCUT2D eigenvalue weighted by atomic mass is 16.2. The van der Waals surface area contributed by atoms with E-state index < -0.39 is 0 Å². The van der Waals surface area contributed by atoms with Crippen LogP contribution < -0.4 is 10.7 Å². The van der Waals surface area contributed by atoms with Crippen LogP contribution >= 0.6 is 0 Å². The van der Waals surface area contributed by atoms with Crippen LogP contribution in [0.1, 0.15) is 47.8 Å². The number of rotatable bonds is 5. The summed E-state index contributed by atoms with van der Waals surface area (Å²) in [6.45, 7) is 4.10. The lowest BCUT2D eigenvalue weighted by molar-refractivity contribution is 0.0936. The van der Waals surface area contributed by atoms with Crippen LogP contribution in [0.3, 0.4) is 0 Å². The smallest absolute Gasteiger partial charge is 0.256 e. The first kappa shape index (κ1) is 17.5. The molecule has 4 nitrogen and oxygen atoms in total. The molecule has 0 spiro atoms. The zero-order valence-corrected chi connectivity index (χ0v) is 15.7. The lowest BCUT2D eigenvalue weighted by Crippen LogP contribution is -2.36. The number of aryl methyl sites for hydroxylation is 1. The van der Waals surface area contributed by atoms with Gasteiger partial charge in [-0.3, -0.25) is 9.59 Å². The predicted molar refractivity (Wildman–Crippen MR) is 108 cm³/mol. The molecule has 0 saturated carbocycles. The second-order valence-corrected chi connectivity index (χ2v) is 7.54. The molecule has 27 heavy (non-hydrogen) atoms. The average Bonchev–Trinajstić information content (AvgIpc) is 2.99. The molecule has 2 aromatic carbocycles. The molecule has 0 unspecified atom stereocenters. The number of para-hydroxylation sites is 1. The zero-order chi connectivity index (χ0) is 19.0. The van der Waals surface area contributed by atoms with E-state index >= 15 is 0 Å². The average molecular weight is 360 g/mol. The minimum absolute atomic E-state index is 0.00450. The second kappa shape index (κ2) is 7.03. The van der Waals surface area contributed by atoms with Gasteiger partial charge in [0.25, 0.3) is 5.91 Å². The zero-order valence-electron chi connectivity index (χ0n) is 15.7. The number of benzene rings is 2. The van der Waals surface area contributed by atoms with Gasteiger partial charge in [-0.25, -0.2) is 0 Å². The maximum absolute atomic E-state index is 12.9. The Morgan fingerprint density at radius 2 is 1.96 bits per heavy atom. The lowest BCUT2D eigenvalue weighted by atomic mass is 10.1. The van der Waals surface area contributed by atoms with Gasteiger partial charge in [0.1, 0.15) is 5.56 Å². The molecule has 1 aliphatic heterocycles. The van der Waals surface area contributed by atoms with Crippen molar-refractivity contribution in [1.29, 1.82) is 0 Å². The van der Waals surface area contributed by atoms with E-state index in [-0.39, 0.29) is 29.0 Å². The van der Waals surface area contributed by atoms with Crippen LogP contribution in [0.5, 0.6) is 0 Å².